The summed E-state index contributed by atoms with van der Waals surface area (Å²) in [6.45, 7) is 4.59. The zero-order valence-electron chi connectivity index (χ0n) is 8.79. The van der Waals surface area contributed by atoms with Crippen LogP contribution in [0.3, 0.4) is 0 Å². The Bertz CT molecular complexity index is 419. The molecule has 0 aromatic rings. The van der Waals surface area contributed by atoms with Gasteiger partial charge in [-0.15, -0.1) is 0 Å². The number of hydrogen-bond acceptors (Lipinski definition) is 9. The molecule has 3 aliphatic rings. The predicted octanol–water partition coefficient (Wildman–Crippen LogP) is 0.464. The molecule has 0 aliphatic carbocycles. The van der Waals surface area contributed by atoms with Crippen molar-refractivity contribution >= 4 is 25.8 Å². The Labute approximate surface area is 89.7 Å². The van der Waals surface area contributed by atoms with Crippen molar-refractivity contribution in [3.63, 3.8) is 0 Å². The standard InChI is InChI=1S/C6H9N3O6Si/c1-4-7-13-16(10-4,11-5(2)8-14-16)12-6(3)9-15-16/h1-3H3/q-2. The molecule has 3 rings (SSSR count). The molecule has 0 N–H and O–H groups in total. The molecule has 0 bridgehead atoms. The van der Waals surface area contributed by atoms with Crippen molar-refractivity contribution in [1.29, 1.82) is 0 Å². The summed E-state index contributed by atoms with van der Waals surface area (Å²) in [4.78, 5) is 0. The first kappa shape index (κ1) is 9.27. The number of hydrogen-bond donors (Lipinski definition) is 0. The van der Waals surface area contributed by atoms with Gasteiger partial charge < -0.3 is 0 Å². The second kappa shape index (κ2) is 1.96. The van der Waals surface area contributed by atoms with Crippen molar-refractivity contribution in [1.82, 2.24) is 0 Å². The molecule has 16 heavy (non-hydrogen) atoms. The van der Waals surface area contributed by atoms with Gasteiger partial charge in [0.2, 0.25) is 0 Å². The predicted molar refractivity (Wildman–Crippen MR) is 51.6 cm³/mol. The molecular formula is C6H9N3O6Si-2. The number of nitrogens with zero attached hydrogens (tertiary/aromatic N) is 3. The van der Waals surface area contributed by atoms with Crippen LogP contribution in [0.1, 0.15) is 20.8 Å². The Morgan fingerprint density at radius 3 is 1.19 bits per heavy atom. The maximum atomic E-state index is 5.35. The molecule has 0 saturated heterocycles. The summed E-state index contributed by atoms with van der Waals surface area (Å²) in [5.74, 6) is 0.415. The van der Waals surface area contributed by atoms with E-state index in [1.807, 2.05) is 0 Å². The molecule has 0 saturated carbocycles. The van der Waals surface area contributed by atoms with E-state index in [9.17, 15) is 0 Å². The summed E-state index contributed by atoms with van der Waals surface area (Å²) in [6.07, 6.45) is 0. The fraction of sp³-hybridized carbons (Fsp3) is 0.500. The molecule has 1 spiro atoms. The van der Waals surface area contributed by atoms with Gasteiger partial charge in [0.1, 0.15) is 0 Å². The first-order valence-corrected chi connectivity index (χ1v) is 7.01. The fourth-order valence-corrected chi connectivity index (χ4v) is 5.14. The molecule has 0 unspecified atom stereocenters. The van der Waals surface area contributed by atoms with Crippen LogP contribution in [0.4, 0.5) is 0 Å². The maximum absolute atomic E-state index is 5.63. The molecule has 0 aromatic carbocycles. The third kappa shape index (κ3) is 0.790. The second-order valence-corrected chi connectivity index (χ2v) is 7.32. The van der Waals surface area contributed by atoms with Gasteiger partial charge in [0.25, 0.3) is 0 Å². The van der Waals surface area contributed by atoms with Gasteiger partial charge in [-0.05, 0) is 0 Å². The Kier molecular flexibility index (Phi) is 1.13. The van der Waals surface area contributed by atoms with Gasteiger partial charge in [-0.3, -0.25) is 0 Å². The second-order valence-electron chi connectivity index (χ2n) is 3.66. The van der Waals surface area contributed by atoms with Crippen molar-refractivity contribution in [2.24, 2.45) is 15.5 Å². The van der Waals surface area contributed by atoms with E-state index in [2.05, 4.69) is 15.5 Å². The quantitative estimate of drug-likeness (QED) is 0.577. The molecule has 0 fully saturated rings. The molecule has 9 nitrogen and oxygen atoms in total. The van der Waals surface area contributed by atoms with Crippen LogP contribution >= 0.6 is 0 Å². The van der Waals surface area contributed by atoms with Crippen LogP contribution in [0.25, 0.3) is 0 Å². The van der Waals surface area contributed by atoms with Gasteiger partial charge in [-0.1, -0.05) is 0 Å². The minimum absolute atomic E-state index is 0.138. The zero-order chi connectivity index (χ0) is 11.5. The van der Waals surface area contributed by atoms with Gasteiger partial charge >= 0.3 is 88.9 Å². The van der Waals surface area contributed by atoms with Gasteiger partial charge in [0.15, 0.2) is 0 Å². The molecular weight excluding hydrogens is 238 g/mol. The normalized spacial score (nSPS) is 34.3. The number of rotatable bonds is 0. The Morgan fingerprint density at radius 1 is 0.688 bits per heavy atom. The van der Waals surface area contributed by atoms with E-state index in [0.29, 0.717) is 0 Å². The van der Waals surface area contributed by atoms with E-state index in [0.717, 1.165) is 0 Å². The van der Waals surface area contributed by atoms with Crippen LogP contribution in [0.5, 0.6) is 0 Å². The molecule has 3 heterocycles. The van der Waals surface area contributed by atoms with Crippen molar-refractivity contribution in [2.45, 2.75) is 20.8 Å². The van der Waals surface area contributed by atoms with Gasteiger partial charge in [0, 0.05) is 0 Å². The average molecular weight is 247 g/mol. The first-order chi connectivity index (χ1) is 7.41. The van der Waals surface area contributed by atoms with E-state index < -0.39 is 8.09 Å². The zero-order valence-corrected chi connectivity index (χ0v) is 9.79. The summed E-state index contributed by atoms with van der Waals surface area (Å²) in [5.41, 5.74) is 0. The molecule has 90 valence electrons. The van der Waals surface area contributed by atoms with Crippen molar-refractivity contribution in [2.75, 3.05) is 0 Å². The van der Waals surface area contributed by atoms with Gasteiger partial charge in [0.05, 0.1) is 0 Å². The van der Waals surface area contributed by atoms with Crippen LogP contribution < -0.4 is 0 Å². The van der Waals surface area contributed by atoms with Gasteiger partial charge in [-0.25, -0.2) is 0 Å². The van der Waals surface area contributed by atoms with E-state index in [-0.39, 0.29) is 17.7 Å². The summed E-state index contributed by atoms with van der Waals surface area (Å²) < 4.78 is 31.3. The topological polar surface area (TPSA) is 92.5 Å². The fourth-order valence-electron chi connectivity index (χ4n) is 1.71. The van der Waals surface area contributed by atoms with E-state index in [1.54, 1.807) is 0 Å². The minimum atomic E-state index is -5.63. The summed E-state index contributed by atoms with van der Waals surface area (Å²) in [5, 5.41) is 10.7. The Morgan fingerprint density at radius 2 is 1.00 bits per heavy atom. The van der Waals surface area contributed by atoms with Crippen molar-refractivity contribution in [3.8, 4) is 0 Å². The van der Waals surface area contributed by atoms with Crippen LogP contribution in [0.15, 0.2) is 15.5 Å². The third-order valence-corrected chi connectivity index (χ3v) is 5.68. The van der Waals surface area contributed by atoms with E-state index >= 15 is 0 Å². The summed E-state index contributed by atoms with van der Waals surface area (Å²) in [6, 6.07) is 0. The van der Waals surface area contributed by atoms with Crippen LogP contribution in [0.2, 0.25) is 0 Å². The Hall–Kier alpha value is -1.97. The molecule has 0 aromatic heterocycles. The average Bonchev–Trinajstić information content (AvgIpc) is 2.77. The molecule has 0 radical (unpaired) electrons. The van der Waals surface area contributed by atoms with E-state index in [4.69, 9.17) is 26.9 Å². The molecule has 10 heteroatoms. The van der Waals surface area contributed by atoms with Crippen LogP contribution in [-0.2, 0) is 26.9 Å². The van der Waals surface area contributed by atoms with E-state index in [1.165, 1.54) is 20.8 Å². The summed E-state index contributed by atoms with van der Waals surface area (Å²) in [7, 11) is -5.63. The Balaban J connectivity index is 2.12. The third-order valence-electron chi connectivity index (χ3n) is 2.15. The van der Waals surface area contributed by atoms with Crippen LogP contribution in [0, 0.1) is 0 Å². The monoisotopic (exact) mass is 247 g/mol. The molecule has 3 aliphatic heterocycles. The molecule has 0 amide bonds. The van der Waals surface area contributed by atoms with Gasteiger partial charge in [-0.2, -0.15) is 0 Å². The first-order valence-electron chi connectivity index (χ1n) is 4.56. The van der Waals surface area contributed by atoms with Crippen molar-refractivity contribution in [3.05, 3.63) is 0 Å². The summed E-state index contributed by atoms with van der Waals surface area (Å²) >= 11 is 0. The number of oxime groups is 3. The SMILES string of the molecule is CC1=NO[Si-2]23(ON=C(C)O2)(ON=C(C)O3)O1. The van der Waals surface area contributed by atoms with Crippen molar-refractivity contribution < 1.29 is 26.9 Å². The molecule has 0 atom stereocenters. The van der Waals surface area contributed by atoms with Crippen LogP contribution in [-0.4, -0.2) is 25.8 Å².